The third-order valence-electron chi connectivity index (χ3n) is 2.25. The number of thiophene rings is 1. The summed E-state index contributed by atoms with van der Waals surface area (Å²) in [6.07, 6.45) is 1.83. The van der Waals surface area contributed by atoms with E-state index in [1.54, 1.807) is 11.3 Å². The van der Waals surface area contributed by atoms with E-state index < -0.39 is 0 Å². The minimum atomic E-state index is 0.688. The summed E-state index contributed by atoms with van der Waals surface area (Å²) in [4.78, 5) is 5.52. The van der Waals surface area contributed by atoms with Crippen molar-refractivity contribution in [2.24, 2.45) is 0 Å². The molecule has 0 N–H and O–H groups in total. The van der Waals surface area contributed by atoms with Crippen LogP contribution >= 0.6 is 22.9 Å². The summed E-state index contributed by atoms with van der Waals surface area (Å²) in [6.45, 7) is 0. The SMILES string of the molecule is Clc1cccc2cnc(-c3cccs3)n12. The summed E-state index contributed by atoms with van der Waals surface area (Å²) >= 11 is 7.81. The summed E-state index contributed by atoms with van der Waals surface area (Å²) in [7, 11) is 0. The molecule has 2 nitrogen and oxygen atoms in total. The molecule has 0 saturated carbocycles. The molecule has 3 heterocycles. The number of fused-ring (bicyclic) bond motifs is 1. The van der Waals surface area contributed by atoms with Crippen molar-refractivity contribution < 1.29 is 0 Å². The molecular weight excluding hydrogens is 228 g/mol. The van der Waals surface area contributed by atoms with Crippen LogP contribution in [0.1, 0.15) is 0 Å². The first-order chi connectivity index (χ1) is 7.36. The number of aromatic nitrogens is 2. The van der Waals surface area contributed by atoms with Gasteiger partial charge in [0.25, 0.3) is 0 Å². The van der Waals surface area contributed by atoms with E-state index in [-0.39, 0.29) is 0 Å². The topological polar surface area (TPSA) is 17.3 Å². The molecule has 3 aromatic rings. The van der Waals surface area contributed by atoms with Crippen LogP contribution in [0, 0.1) is 0 Å². The quantitative estimate of drug-likeness (QED) is 0.587. The van der Waals surface area contributed by atoms with Crippen LogP contribution < -0.4 is 0 Å². The van der Waals surface area contributed by atoms with Gasteiger partial charge in [0.2, 0.25) is 0 Å². The molecule has 0 fully saturated rings. The maximum atomic E-state index is 6.15. The number of hydrogen-bond donors (Lipinski definition) is 0. The van der Waals surface area contributed by atoms with Gasteiger partial charge in [0.1, 0.15) is 5.15 Å². The van der Waals surface area contributed by atoms with E-state index in [0.717, 1.165) is 16.2 Å². The molecule has 0 aliphatic heterocycles. The molecule has 0 bridgehead atoms. The Hall–Kier alpha value is -1.32. The molecule has 0 atom stereocenters. The number of nitrogens with zero attached hydrogens (tertiary/aromatic N) is 2. The van der Waals surface area contributed by atoms with Crippen molar-refractivity contribution in [3.8, 4) is 10.7 Å². The van der Waals surface area contributed by atoms with Crippen LogP contribution in [0.15, 0.2) is 41.9 Å². The maximum absolute atomic E-state index is 6.15. The Kier molecular flexibility index (Phi) is 2.01. The summed E-state index contributed by atoms with van der Waals surface area (Å²) < 4.78 is 1.95. The smallest absolute Gasteiger partial charge is 0.155 e. The molecule has 0 unspecified atom stereocenters. The van der Waals surface area contributed by atoms with E-state index >= 15 is 0 Å². The lowest BCUT2D eigenvalue weighted by atomic mass is 10.4. The molecular formula is C11H7ClN2S. The van der Waals surface area contributed by atoms with Gasteiger partial charge in [-0.1, -0.05) is 23.7 Å². The van der Waals surface area contributed by atoms with E-state index in [9.17, 15) is 0 Å². The van der Waals surface area contributed by atoms with Crippen molar-refractivity contribution in [3.63, 3.8) is 0 Å². The van der Waals surface area contributed by atoms with Crippen molar-refractivity contribution in [3.05, 3.63) is 47.1 Å². The third kappa shape index (κ3) is 1.35. The lowest BCUT2D eigenvalue weighted by Gasteiger charge is -2.00. The van der Waals surface area contributed by atoms with Crippen LogP contribution in [0.25, 0.3) is 16.2 Å². The van der Waals surface area contributed by atoms with Gasteiger partial charge in [-0.3, -0.25) is 4.40 Å². The average molecular weight is 235 g/mol. The highest BCUT2D eigenvalue weighted by molar-refractivity contribution is 7.13. The van der Waals surface area contributed by atoms with Crippen LogP contribution in [0.3, 0.4) is 0 Å². The summed E-state index contributed by atoms with van der Waals surface area (Å²) in [6, 6.07) is 9.85. The molecule has 0 saturated heterocycles. The van der Waals surface area contributed by atoms with Gasteiger partial charge in [0.05, 0.1) is 16.6 Å². The van der Waals surface area contributed by atoms with Crippen molar-refractivity contribution in [1.82, 2.24) is 9.38 Å². The molecule has 0 aliphatic carbocycles. The van der Waals surface area contributed by atoms with Crippen molar-refractivity contribution in [1.29, 1.82) is 0 Å². The molecule has 3 rings (SSSR count). The zero-order chi connectivity index (χ0) is 10.3. The van der Waals surface area contributed by atoms with Gasteiger partial charge in [-0.15, -0.1) is 11.3 Å². The Labute approximate surface area is 95.8 Å². The standard InChI is InChI=1S/C11H7ClN2S/c12-10-5-1-3-8-7-13-11(14(8)10)9-4-2-6-15-9/h1-7H. The second-order valence-electron chi connectivity index (χ2n) is 3.17. The van der Waals surface area contributed by atoms with Crippen molar-refractivity contribution in [2.75, 3.05) is 0 Å². The number of hydrogen-bond acceptors (Lipinski definition) is 2. The van der Waals surface area contributed by atoms with E-state index in [1.807, 2.05) is 46.3 Å². The fourth-order valence-corrected chi connectivity index (χ4v) is 2.55. The van der Waals surface area contributed by atoms with Crippen LogP contribution in [0.5, 0.6) is 0 Å². The minimum Gasteiger partial charge on any atom is -0.282 e. The monoisotopic (exact) mass is 234 g/mol. The summed E-state index contributed by atoms with van der Waals surface area (Å²) in [5, 5.41) is 2.72. The van der Waals surface area contributed by atoms with Gasteiger partial charge in [-0.25, -0.2) is 4.98 Å². The van der Waals surface area contributed by atoms with Crippen LogP contribution in [-0.2, 0) is 0 Å². The summed E-state index contributed by atoms with van der Waals surface area (Å²) in [5.41, 5.74) is 1.02. The van der Waals surface area contributed by atoms with Gasteiger partial charge in [-0.05, 0) is 23.6 Å². The summed E-state index contributed by atoms with van der Waals surface area (Å²) in [5.74, 6) is 0.908. The number of imidazole rings is 1. The zero-order valence-electron chi connectivity index (χ0n) is 7.72. The van der Waals surface area contributed by atoms with Crippen LogP contribution in [0.4, 0.5) is 0 Å². The Balaban J connectivity index is 2.37. The number of rotatable bonds is 1. The molecule has 0 aliphatic rings. The Morgan fingerprint density at radius 1 is 1.20 bits per heavy atom. The first-order valence-electron chi connectivity index (χ1n) is 4.52. The predicted octanol–water partition coefficient (Wildman–Crippen LogP) is 3.72. The fraction of sp³-hybridized carbons (Fsp3) is 0. The van der Waals surface area contributed by atoms with E-state index in [2.05, 4.69) is 4.98 Å². The second-order valence-corrected chi connectivity index (χ2v) is 4.50. The van der Waals surface area contributed by atoms with Crippen molar-refractivity contribution >= 4 is 28.5 Å². The molecule has 0 aromatic carbocycles. The molecule has 0 radical (unpaired) electrons. The molecule has 4 heteroatoms. The van der Waals surface area contributed by atoms with Gasteiger partial charge < -0.3 is 0 Å². The molecule has 3 aromatic heterocycles. The maximum Gasteiger partial charge on any atom is 0.155 e. The van der Waals surface area contributed by atoms with Gasteiger partial charge in [0, 0.05) is 0 Å². The zero-order valence-corrected chi connectivity index (χ0v) is 9.29. The molecule has 74 valence electrons. The highest BCUT2D eigenvalue weighted by Crippen LogP contribution is 2.26. The third-order valence-corrected chi connectivity index (χ3v) is 3.41. The average Bonchev–Trinajstić information content (AvgIpc) is 2.85. The Bertz CT molecular complexity index is 598. The van der Waals surface area contributed by atoms with Gasteiger partial charge in [0.15, 0.2) is 5.82 Å². The number of pyridine rings is 1. The van der Waals surface area contributed by atoms with E-state index in [0.29, 0.717) is 5.15 Å². The van der Waals surface area contributed by atoms with Crippen LogP contribution in [-0.4, -0.2) is 9.38 Å². The fourth-order valence-electron chi connectivity index (χ4n) is 1.59. The highest BCUT2D eigenvalue weighted by atomic mass is 35.5. The van der Waals surface area contributed by atoms with Crippen LogP contribution in [0.2, 0.25) is 5.15 Å². The first-order valence-corrected chi connectivity index (χ1v) is 5.78. The lowest BCUT2D eigenvalue weighted by Crippen LogP contribution is -1.88. The van der Waals surface area contributed by atoms with Gasteiger partial charge in [-0.2, -0.15) is 0 Å². The second kappa shape index (κ2) is 3.36. The lowest BCUT2D eigenvalue weighted by molar-refractivity contribution is 1.17. The van der Waals surface area contributed by atoms with Gasteiger partial charge >= 0.3 is 0 Å². The van der Waals surface area contributed by atoms with Crippen molar-refractivity contribution in [2.45, 2.75) is 0 Å². The highest BCUT2D eigenvalue weighted by Gasteiger charge is 2.08. The molecule has 15 heavy (non-hydrogen) atoms. The Morgan fingerprint density at radius 2 is 2.13 bits per heavy atom. The van der Waals surface area contributed by atoms with E-state index in [4.69, 9.17) is 11.6 Å². The predicted molar refractivity (Wildman–Crippen MR) is 63.5 cm³/mol. The minimum absolute atomic E-state index is 0.688. The first kappa shape index (κ1) is 8.95. The molecule has 0 spiro atoms. The Morgan fingerprint density at radius 3 is 2.93 bits per heavy atom. The van der Waals surface area contributed by atoms with E-state index in [1.165, 1.54) is 0 Å². The molecule has 0 amide bonds. The largest absolute Gasteiger partial charge is 0.282 e. The normalized spacial score (nSPS) is 11.0. The number of halogens is 1.